The van der Waals surface area contributed by atoms with Gasteiger partial charge in [-0.15, -0.1) is 0 Å². The third-order valence-electron chi connectivity index (χ3n) is 4.23. The molecule has 20 heavy (non-hydrogen) atoms. The molecule has 1 aliphatic carbocycles. The second kappa shape index (κ2) is 5.62. The van der Waals surface area contributed by atoms with Gasteiger partial charge in [-0.3, -0.25) is 0 Å². The lowest BCUT2D eigenvalue weighted by Gasteiger charge is -2.56. The zero-order chi connectivity index (χ0) is 14.9. The molecule has 2 aliphatic rings. The molecule has 0 bridgehead atoms. The molecular weight excluding hydrogens is 258 g/mol. The Morgan fingerprint density at radius 3 is 2.35 bits per heavy atom. The fraction of sp³-hybridized carbons (Fsp3) is 0.933. The van der Waals surface area contributed by atoms with Gasteiger partial charge in [0.25, 0.3) is 0 Å². The minimum atomic E-state index is -0.840. The summed E-state index contributed by atoms with van der Waals surface area (Å²) >= 11 is 0. The van der Waals surface area contributed by atoms with Gasteiger partial charge in [0.15, 0.2) is 5.60 Å². The lowest BCUT2D eigenvalue weighted by atomic mass is 9.55. The van der Waals surface area contributed by atoms with Crippen molar-refractivity contribution in [2.45, 2.75) is 57.7 Å². The van der Waals surface area contributed by atoms with Crippen LogP contribution in [0.15, 0.2) is 0 Å². The van der Waals surface area contributed by atoms with Crippen LogP contribution in [-0.2, 0) is 14.3 Å². The van der Waals surface area contributed by atoms with Crippen molar-refractivity contribution in [1.82, 2.24) is 5.32 Å². The van der Waals surface area contributed by atoms with E-state index >= 15 is 0 Å². The molecule has 1 saturated carbocycles. The van der Waals surface area contributed by atoms with Gasteiger partial charge >= 0.3 is 5.97 Å². The SMILES string of the molecule is CC(C)(C)OC(=O)C1(OCCO)CC2(CCNCC2)C1. The maximum atomic E-state index is 12.5. The molecule has 0 aromatic carbocycles. The van der Waals surface area contributed by atoms with Crippen LogP contribution in [0.3, 0.4) is 0 Å². The molecule has 0 aromatic rings. The maximum Gasteiger partial charge on any atom is 0.338 e. The molecule has 5 nitrogen and oxygen atoms in total. The van der Waals surface area contributed by atoms with E-state index < -0.39 is 11.2 Å². The summed E-state index contributed by atoms with van der Waals surface area (Å²) in [6, 6.07) is 0. The predicted octanol–water partition coefficient (Wildman–Crippen LogP) is 1.24. The zero-order valence-electron chi connectivity index (χ0n) is 12.8. The first kappa shape index (κ1) is 15.7. The molecule has 1 spiro atoms. The van der Waals surface area contributed by atoms with Gasteiger partial charge in [0, 0.05) is 0 Å². The fourth-order valence-corrected chi connectivity index (χ4v) is 3.39. The molecule has 0 atom stereocenters. The Bertz CT molecular complexity index is 347. The highest BCUT2D eigenvalue weighted by Crippen LogP contribution is 2.56. The van der Waals surface area contributed by atoms with E-state index in [-0.39, 0.29) is 24.6 Å². The van der Waals surface area contributed by atoms with E-state index in [0.717, 1.165) is 38.8 Å². The summed E-state index contributed by atoms with van der Waals surface area (Å²) in [5, 5.41) is 12.3. The van der Waals surface area contributed by atoms with Crippen molar-refractivity contribution in [3.63, 3.8) is 0 Å². The van der Waals surface area contributed by atoms with Crippen molar-refractivity contribution in [3.05, 3.63) is 0 Å². The van der Waals surface area contributed by atoms with Gasteiger partial charge in [0.05, 0.1) is 13.2 Å². The molecule has 0 amide bonds. The molecule has 1 aliphatic heterocycles. The highest BCUT2D eigenvalue weighted by molar-refractivity contribution is 5.81. The first-order chi connectivity index (χ1) is 9.31. The molecule has 116 valence electrons. The van der Waals surface area contributed by atoms with Crippen molar-refractivity contribution in [2.24, 2.45) is 5.41 Å². The summed E-state index contributed by atoms with van der Waals surface area (Å²) in [6.07, 6.45) is 3.60. The van der Waals surface area contributed by atoms with Gasteiger partial charge in [-0.1, -0.05) is 0 Å². The maximum absolute atomic E-state index is 12.5. The van der Waals surface area contributed by atoms with E-state index in [4.69, 9.17) is 14.6 Å². The van der Waals surface area contributed by atoms with Crippen LogP contribution in [0.25, 0.3) is 0 Å². The topological polar surface area (TPSA) is 67.8 Å². The van der Waals surface area contributed by atoms with Gasteiger partial charge in [-0.05, 0) is 65.0 Å². The molecular formula is C15H27NO4. The van der Waals surface area contributed by atoms with Crippen LogP contribution in [0.5, 0.6) is 0 Å². The van der Waals surface area contributed by atoms with Gasteiger partial charge in [0.2, 0.25) is 0 Å². The third kappa shape index (κ3) is 3.32. The summed E-state index contributed by atoms with van der Waals surface area (Å²) in [6.45, 7) is 7.72. The van der Waals surface area contributed by atoms with Crippen LogP contribution in [-0.4, -0.2) is 48.6 Å². The number of rotatable bonds is 4. The molecule has 2 fully saturated rings. The molecule has 1 saturated heterocycles. The number of hydrogen-bond acceptors (Lipinski definition) is 5. The number of aliphatic hydroxyl groups is 1. The minimum Gasteiger partial charge on any atom is -0.458 e. The summed E-state index contributed by atoms with van der Waals surface area (Å²) < 4.78 is 11.2. The van der Waals surface area contributed by atoms with Gasteiger partial charge in [-0.2, -0.15) is 0 Å². The van der Waals surface area contributed by atoms with E-state index in [9.17, 15) is 4.79 Å². The van der Waals surface area contributed by atoms with Crippen LogP contribution < -0.4 is 5.32 Å². The lowest BCUT2D eigenvalue weighted by Crippen LogP contribution is -2.62. The lowest BCUT2D eigenvalue weighted by molar-refractivity contribution is -0.222. The first-order valence-corrected chi connectivity index (χ1v) is 7.50. The Labute approximate surface area is 121 Å². The van der Waals surface area contributed by atoms with E-state index in [2.05, 4.69) is 5.32 Å². The Hall–Kier alpha value is -0.650. The van der Waals surface area contributed by atoms with Crippen LogP contribution >= 0.6 is 0 Å². The monoisotopic (exact) mass is 285 g/mol. The second-order valence-corrected chi connectivity index (χ2v) is 7.17. The first-order valence-electron chi connectivity index (χ1n) is 7.50. The van der Waals surface area contributed by atoms with Gasteiger partial charge < -0.3 is 19.9 Å². The van der Waals surface area contributed by atoms with Gasteiger partial charge in [0.1, 0.15) is 5.60 Å². The summed E-state index contributed by atoms with van der Waals surface area (Å²) in [4.78, 5) is 12.5. The number of hydrogen-bond donors (Lipinski definition) is 2. The Morgan fingerprint density at radius 2 is 1.85 bits per heavy atom. The van der Waals surface area contributed by atoms with Crippen molar-refractivity contribution in [2.75, 3.05) is 26.3 Å². The van der Waals surface area contributed by atoms with Crippen molar-refractivity contribution >= 4 is 5.97 Å². The van der Waals surface area contributed by atoms with Crippen molar-refractivity contribution in [3.8, 4) is 0 Å². The van der Waals surface area contributed by atoms with Crippen LogP contribution in [0, 0.1) is 5.41 Å². The fourth-order valence-electron chi connectivity index (χ4n) is 3.39. The van der Waals surface area contributed by atoms with E-state index in [0.29, 0.717) is 0 Å². The highest BCUT2D eigenvalue weighted by atomic mass is 16.6. The Kier molecular flexibility index (Phi) is 4.42. The summed E-state index contributed by atoms with van der Waals surface area (Å²) in [5.41, 5.74) is -1.13. The Balaban J connectivity index is 2.03. The van der Waals surface area contributed by atoms with E-state index in [1.54, 1.807) is 0 Å². The predicted molar refractivity (Wildman–Crippen MR) is 75.4 cm³/mol. The molecule has 0 unspecified atom stereocenters. The highest BCUT2D eigenvalue weighted by Gasteiger charge is 2.61. The average molecular weight is 285 g/mol. The molecule has 2 N–H and O–H groups in total. The third-order valence-corrected chi connectivity index (χ3v) is 4.23. The summed E-state index contributed by atoms with van der Waals surface area (Å²) in [5.74, 6) is -0.275. The molecule has 1 heterocycles. The number of carbonyl (C=O) groups is 1. The van der Waals surface area contributed by atoms with E-state index in [1.807, 2.05) is 20.8 Å². The normalized spacial score (nSPS) is 24.2. The Morgan fingerprint density at radius 1 is 1.25 bits per heavy atom. The molecule has 5 heteroatoms. The zero-order valence-corrected chi connectivity index (χ0v) is 12.8. The molecule has 0 aromatic heterocycles. The van der Waals surface area contributed by atoms with Crippen LogP contribution in [0.4, 0.5) is 0 Å². The summed E-state index contributed by atoms with van der Waals surface area (Å²) in [7, 11) is 0. The standard InChI is InChI=1S/C15H27NO4/c1-13(2,3)20-12(18)15(19-9-8-17)10-14(11-15)4-6-16-7-5-14/h16-17H,4-11H2,1-3H3. The largest absolute Gasteiger partial charge is 0.458 e. The quantitative estimate of drug-likeness (QED) is 0.761. The second-order valence-electron chi connectivity index (χ2n) is 7.17. The van der Waals surface area contributed by atoms with Crippen LogP contribution in [0.1, 0.15) is 46.5 Å². The number of carbonyl (C=O) groups excluding carboxylic acids is 1. The van der Waals surface area contributed by atoms with Crippen LogP contribution in [0.2, 0.25) is 0 Å². The average Bonchev–Trinajstić information content (AvgIpc) is 2.32. The van der Waals surface area contributed by atoms with Crippen molar-refractivity contribution in [1.29, 1.82) is 0 Å². The van der Waals surface area contributed by atoms with Crippen molar-refractivity contribution < 1.29 is 19.4 Å². The molecule has 0 radical (unpaired) electrons. The number of piperidine rings is 1. The smallest absolute Gasteiger partial charge is 0.338 e. The van der Waals surface area contributed by atoms with E-state index in [1.165, 1.54) is 0 Å². The van der Waals surface area contributed by atoms with Gasteiger partial charge in [-0.25, -0.2) is 4.79 Å². The number of ether oxygens (including phenoxy) is 2. The molecule has 2 rings (SSSR count). The number of nitrogens with one attached hydrogen (secondary N) is 1. The number of esters is 1. The minimum absolute atomic E-state index is 0.0703. The number of aliphatic hydroxyl groups excluding tert-OH is 1.